The van der Waals surface area contributed by atoms with Gasteiger partial charge < -0.3 is 20.7 Å². The van der Waals surface area contributed by atoms with Crippen molar-refractivity contribution in [2.24, 2.45) is 5.73 Å². The first-order chi connectivity index (χ1) is 8.58. The molecular weight excluding hydrogens is 294 g/mol. The Morgan fingerprint density at radius 2 is 2.17 bits per heavy atom. The van der Waals surface area contributed by atoms with Crippen LogP contribution in [-0.4, -0.2) is 45.7 Å². The number of nitrogens with one attached hydrogen (secondary N) is 1. The summed E-state index contributed by atoms with van der Waals surface area (Å²) in [5, 5.41) is 3.45. The van der Waals surface area contributed by atoms with Gasteiger partial charge in [0.05, 0.1) is 11.6 Å². The number of methoxy groups -OCH3 is 1. The molecule has 102 valence electrons. The van der Waals surface area contributed by atoms with Gasteiger partial charge in [-0.1, -0.05) is 6.07 Å². The van der Waals surface area contributed by atoms with Gasteiger partial charge in [-0.15, -0.1) is 0 Å². The van der Waals surface area contributed by atoms with Gasteiger partial charge in [0.1, 0.15) is 5.75 Å². The van der Waals surface area contributed by atoms with Gasteiger partial charge >= 0.3 is 0 Å². The molecular formula is C13H22BrN3O. The summed E-state index contributed by atoms with van der Waals surface area (Å²) in [7, 11) is 5.78. The third-order valence-corrected chi connectivity index (χ3v) is 3.38. The highest BCUT2D eigenvalue weighted by atomic mass is 79.9. The average Bonchev–Trinajstić information content (AvgIpc) is 2.34. The minimum Gasteiger partial charge on any atom is -0.496 e. The number of likely N-dealkylation sites (N-methyl/N-ethyl adjacent to an activating group) is 1. The number of hydrogen-bond donors (Lipinski definition) is 2. The Balaban J connectivity index is 2.67. The number of ether oxygens (including phenoxy) is 1. The molecule has 0 radical (unpaired) electrons. The van der Waals surface area contributed by atoms with Crippen molar-refractivity contribution in [3.05, 3.63) is 28.2 Å². The fourth-order valence-electron chi connectivity index (χ4n) is 1.70. The van der Waals surface area contributed by atoms with Gasteiger partial charge in [0, 0.05) is 25.7 Å². The summed E-state index contributed by atoms with van der Waals surface area (Å²) in [4.78, 5) is 2.14. The van der Waals surface area contributed by atoms with Crippen LogP contribution in [0, 0.1) is 0 Å². The maximum atomic E-state index is 5.82. The normalized spacial score (nSPS) is 12.8. The fourth-order valence-corrected chi connectivity index (χ4v) is 2.26. The molecule has 0 amide bonds. The lowest BCUT2D eigenvalue weighted by molar-refractivity contribution is 0.385. The van der Waals surface area contributed by atoms with E-state index in [0.29, 0.717) is 6.54 Å². The van der Waals surface area contributed by atoms with Crippen LogP contribution in [0.5, 0.6) is 5.75 Å². The zero-order valence-electron chi connectivity index (χ0n) is 11.2. The quantitative estimate of drug-likeness (QED) is 0.802. The molecule has 0 saturated carbocycles. The molecule has 18 heavy (non-hydrogen) atoms. The molecule has 0 aliphatic carbocycles. The van der Waals surface area contributed by atoms with Crippen LogP contribution in [0.25, 0.3) is 0 Å². The SMILES string of the molecule is COc1ccc(C(CN)NCCN(C)C)cc1Br. The molecule has 5 heteroatoms. The van der Waals surface area contributed by atoms with Crippen molar-refractivity contribution in [3.63, 3.8) is 0 Å². The van der Waals surface area contributed by atoms with Crippen molar-refractivity contribution in [1.82, 2.24) is 10.2 Å². The number of rotatable bonds is 7. The van der Waals surface area contributed by atoms with Crippen molar-refractivity contribution < 1.29 is 4.74 Å². The number of hydrogen-bond acceptors (Lipinski definition) is 4. The van der Waals surface area contributed by atoms with E-state index in [0.717, 1.165) is 23.3 Å². The number of halogens is 1. The van der Waals surface area contributed by atoms with Crippen molar-refractivity contribution in [1.29, 1.82) is 0 Å². The average molecular weight is 316 g/mol. The lowest BCUT2D eigenvalue weighted by atomic mass is 10.1. The largest absolute Gasteiger partial charge is 0.496 e. The van der Waals surface area contributed by atoms with Crippen LogP contribution in [0.3, 0.4) is 0 Å². The molecule has 1 rings (SSSR count). The first kappa shape index (κ1) is 15.4. The van der Waals surface area contributed by atoms with Gasteiger partial charge in [0.25, 0.3) is 0 Å². The topological polar surface area (TPSA) is 50.5 Å². The molecule has 1 atom stereocenters. The second kappa shape index (κ2) is 7.74. The van der Waals surface area contributed by atoms with E-state index >= 15 is 0 Å². The monoisotopic (exact) mass is 315 g/mol. The molecule has 1 aromatic rings. The van der Waals surface area contributed by atoms with Gasteiger partial charge in [-0.3, -0.25) is 0 Å². The van der Waals surface area contributed by atoms with Crippen LogP contribution >= 0.6 is 15.9 Å². The van der Waals surface area contributed by atoms with E-state index in [1.54, 1.807) is 7.11 Å². The predicted molar refractivity (Wildman–Crippen MR) is 79.0 cm³/mol. The van der Waals surface area contributed by atoms with Crippen molar-refractivity contribution in [2.75, 3.05) is 40.8 Å². The van der Waals surface area contributed by atoms with Gasteiger partial charge in [-0.25, -0.2) is 0 Å². The molecule has 0 spiro atoms. The summed E-state index contributed by atoms with van der Waals surface area (Å²) in [5.41, 5.74) is 6.99. The highest BCUT2D eigenvalue weighted by Gasteiger charge is 2.11. The molecule has 0 saturated heterocycles. The minimum absolute atomic E-state index is 0.173. The molecule has 0 fully saturated rings. The molecule has 0 heterocycles. The molecule has 0 aliphatic heterocycles. The van der Waals surface area contributed by atoms with E-state index in [-0.39, 0.29) is 6.04 Å². The number of nitrogens with two attached hydrogens (primary N) is 1. The van der Waals surface area contributed by atoms with Crippen LogP contribution in [0.2, 0.25) is 0 Å². The summed E-state index contributed by atoms with van der Waals surface area (Å²) in [6.45, 7) is 2.48. The molecule has 3 N–H and O–H groups in total. The van der Waals surface area contributed by atoms with Crippen LogP contribution < -0.4 is 15.8 Å². The Bertz CT molecular complexity index is 371. The first-order valence-corrected chi connectivity index (χ1v) is 6.79. The highest BCUT2D eigenvalue weighted by molar-refractivity contribution is 9.10. The van der Waals surface area contributed by atoms with Crippen molar-refractivity contribution >= 4 is 15.9 Å². The molecule has 0 bridgehead atoms. The van der Waals surface area contributed by atoms with E-state index in [2.05, 4.69) is 46.3 Å². The van der Waals surface area contributed by atoms with Crippen molar-refractivity contribution in [2.45, 2.75) is 6.04 Å². The van der Waals surface area contributed by atoms with Gasteiger partial charge in [0.2, 0.25) is 0 Å². The summed E-state index contributed by atoms with van der Waals surface area (Å²) in [6.07, 6.45) is 0. The van der Waals surface area contributed by atoms with Crippen LogP contribution in [0.4, 0.5) is 0 Å². The Morgan fingerprint density at radius 3 is 2.67 bits per heavy atom. The van der Waals surface area contributed by atoms with Crippen LogP contribution in [0.15, 0.2) is 22.7 Å². The molecule has 0 aromatic heterocycles. The Hall–Kier alpha value is -0.620. The number of benzene rings is 1. The van der Waals surface area contributed by atoms with E-state index < -0.39 is 0 Å². The van der Waals surface area contributed by atoms with Crippen LogP contribution in [0.1, 0.15) is 11.6 Å². The summed E-state index contributed by atoms with van der Waals surface area (Å²) in [5.74, 6) is 0.836. The third-order valence-electron chi connectivity index (χ3n) is 2.76. The molecule has 1 aromatic carbocycles. The zero-order chi connectivity index (χ0) is 13.5. The summed E-state index contributed by atoms with van der Waals surface area (Å²) in [6, 6.07) is 6.23. The van der Waals surface area contributed by atoms with Crippen molar-refractivity contribution in [3.8, 4) is 5.75 Å². The number of nitrogens with zero attached hydrogens (tertiary/aromatic N) is 1. The van der Waals surface area contributed by atoms with Crippen LogP contribution in [-0.2, 0) is 0 Å². The molecule has 4 nitrogen and oxygen atoms in total. The summed E-state index contributed by atoms with van der Waals surface area (Å²) < 4.78 is 6.17. The Labute approximate surface area is 118 Å². The fraction of sp³-hybridized carbons (Fsp3) is 0.538. The van der Waals surface area contributed by atoms with E-state index in [1.807, 2.05) is 12.1 Å². The summed E-state index contributed by atoms with van der Waals surface area (Å²) >= 11 is 3.49. The van der Waals surface area contributed by atoms with E-state index in [9.17, 15) is 0 Å². The maximum absolute atomic E-state index is 5.82. The highest BCUT2D eigenvalue weighted by Crippen LogP contribution is 2.27. The first-order valence-electron chi connectivity index (χ1n) is 6.00. The maximum Gasteiger partial charge on any atom is 0.133 e. The Kier molecular flexibility index (Phi) is 6.63. The smallest absolute Gasteiger partial charge is 0.133 e. The van der Waals surface area contributed by atoms with Gasteiger partial charge in [-0.2, -0.15) is 0 Å². The second-order valence-corrected chi connectivity index (χ2v) is 5.29. The second-order valence-electron chi connectivity index (χ2n) is 4.44. The van der Waals surface area contributed by atoms with E-state index in [1.165, 1.54) is 5.56 Å². The standard InChI is InChI=1S/C13H22BrN3O/c1-17(2)7-6-16-12(9-15)10-4-5-13(18-3)11(14)8-10/h4-5,8,12,16H,6-7,9,15H2,1-3H3. The third kappa shape index (κ3) is 4.57. The molecule has 1 unspecified atom stereocenters. The molecule has 0 aliphatic rings. The lowest BCUT2D eigenvalue weighted by Crippen LogP contribution is -2.33. The predicted octanol–water partition coefficient (Wildman–Crippen LogP) is 1.61. The minimum atomic E-state index is 0.173. The van der Waals surface area contributed by atoms with Gasteiger partial charge in [-0.05, 0) is 47.7 Å². The van der Waals surface area contributed by atoms with Gasteiger partial charge in [0.15, 0.2) is 0 Å². The van der Waals surface area contributed by atoms with E-state index in [4.69, 9.17) is 10.5 Å². The lowest BCUT2D eigenvalue weighted by Gasteiger charge is -2.19. The zero-order valence-corrected chi connectivity index (χ0v) is 12.8. The Morgan fingerprint density at radius 1 is 1.44 bits per heavy atom.